The number of anilines is 1. The van der Waals surface area contributed by atoms with E-state index in [1.165, 1.54) is 0 Å². The zero-order valence-electron chi connectivity index (χ0n) is 10.8. The van der Waals surface area contributed by atoms with Gasteiger partial charge in [0.05, 0.1) is 0 Å². The normalized spacial score (nSPS) is 10.7. The summed E-state index contributed by atoms with van der Waals surface area (Å²) in [6, 6.07) is 9.65. The fourth-order valence-corrected chi connectivity index (χ4v) is 1.39. The van der Waals surface area contributed by atoms with Crippen molar-refractivity contribution >= 4 is 5.69 Å². The molecule has 17 heavy (non-hydrogen) atoms. The van der Waals surface area contributed by atoms with Gasteiger partial charge in [-0.2, -0.15) is 5.26 Å². The predicted molar refractivity (Wildman–Crippen MR) is 70.1 cm³/mol. The number of rotatable bonds is 5. The fourth-order valence-electron chi connectivity index (χ4n) is 1.39. The molecule has 1 rings (SSSR count). The van der Waals surface area contributed by atoms with Gasteiger partial charge < -0.3 is 10.1 Å². The Morgan fingerprint density at radius 3 is 2.76 bits per heavy atom. The molecule has 0 unspecified atom stereocenters. The van der Waals surface area contributed by atoms with E-state index in [0.717, 1.165) is 24.4 Å². The maximum absolute atomic E-state index is 8.44. The Labute approximate surface area is 103 Å². The lowest BCUT2D eigenvalue weighted by Gasteiger charge is -2.18. The molecule has 0 saturated heterocycles. The first-order valence-electron chi connectivity index (χ1n) is 5.85. The van der Waals surface area contributed by atoms with Crippen molar-refractivity contribution in [2.24, 2.45) is 5.41 Å². The first-order valence-corrected chi connectivity index (χ1v) is 5.85. The minimum absolute atomic E-state index is 0.0887. The van der Waals surface area contributed by atoms with Gasteiger partial charge in [-0.15, -0.1) is 0 Å². The number of nitrogens with one attached hydrogen (secondary N) is 1. The Hall–Kier alpha value is -1.69. The van der Waals surface area contributed by atoms with E-state index in [1.807, 2.05) is 30.3 Å². The summed E-state index contributed by atoms with van der Waals surface area (Å²) < 4.78 is 5.24. The molecule has 0 fully saturated rings. The Bertz CT molecular complexity index is 388. The average molecular weight is 232 g/mol. The molecular formula is C14H20N2O. The second-order valence-electron chi connectivity index (χ2n) is 5.21. The molecule has 1 aromatic rings. The molecule has 3 nitrogen and oxygen atoms in total. The Kier molecular flexibility index (Phi) is 4.84. The van der Waals surface area contributed by atoms with Crippen LogP contribution in [-0.2, 0) is 0 Å². The van der Waals surface area contributed by atoms with Crippen LogP contribution in [0.25, 0.3) is 0 Å². The van der Waals surface area contributed by atoms with Crippen molar-refractivity contribution in [3.05, 3.63) is 24.3 Å². The van der Waals surface area contributed by atoms with E-state index in [0.29, 0.717) is 5.41 Å². The van der Waals surface area contributed by atoms with E-state index in [9.17, 15) is 0 Å². The molecule has 0 aliphatic carbocycles. The van der Waals surface area contributed by atoms with Crippen LogP contribution >= 0.6 is 0 Å². The first kappa shape index (κ1) is 13.4. The van der Waals surface area contributed by atoms with E-state index >= 15 is 0 Å². The third-order valence-electron chi connectivity index (χ3n) is 2.34. The maximum Gasteiger partial charge on any atom is 0.174 e. The SMILES string of the molecule is CC(C)(C)CCNc1cccc(OCC#N)c1. The quantitative estimate of drug-likeness (QED) is 0.845. The highest BCUT2D eigenvalue weighted by atomic mass is 16.5. The lowest BCUT2D eigenvalue weighted by atomic mass is 9.92. The van der Waals surface area contributed by atoms with Gasteiger partial charge in [0.25, 0.3) is 0 Å². The molecule has 1 N–H and O–H groups in total. The molecule has 0 heterocycles. The van der Waals surface area contributed by atoms with Gasteiger partial charge in [0, 0.05) is 18.3 Å². The van der Waals surface area contributed by atoms with Gasteiger partial charge in [0.15, 0.2) is 6.61 Å². The van der Waals surface area contributed by atoms with E-state index in [1.54, 1.807) is 0 Å². The lowest BCUT2D eigenvalue weighted by Crippen LogP contribution is -2.12. The highest BCUT2D eigenvalue weighted by Gasteiger charge is 2.08. The monoisotopic (exact) mass is 232 g/mol. The van der Waals surface area contributed by atoms with Crippen molar-refractivity contribution in [3.63, 3.8) is 0 Å². The third kappa shape index (κ3) is 5.82. The van der Waals surface area contributed by atoms with Crippen molar-refractivity contribution in [2.75, 3.05) is 18.5 Å². The van der Waals surface area contributed by atoms with Crippen LogP contribution in [0.2, 0.25) is 0 Å². The average Bonchev–Trinajstić information content (AvgIpc) is 2.25. The van der Waals surface area contributed by atoms with Crippen LogP contribution in [0.5, 0.6) is 5.75 Å². The van der Waals surface area contributed by atoms with Crippen LogP contribution in [0.15, 0.2) is 24.3 Å². The Morgan fingerprint density at radius 2 is 2.12 bits per heavy atom. The van der Waals surface area contributed by atoms with Gasteiger partial charge in [-0.25, -0.2) is 0 Å². The van der Waals surface area contributed by atoms with Crippen molar-refractivity contribution in [2.45, 2.75) is 27.2 Å². The van der Waals surface area contributed by atoms with E-state index in [4.69, 9.17) is 10.00 Å². The molecule has 1 aromatic carbocycles. The van der Waals surface area contributed by atoms with Gasteiger partial charge in [-0.05, 0) is 24.0 Å². The molecule has 0 aromatic heterocycles. The summed E-state index contributed by atoms with van der Waals surface area (Å²) in [6.45, 7) is 7.69. The Morgan fingerprint density at radius 1 is 1.35 bits per heavy atom. The zero-order chi connectivity index (χ0) is 12.7. The van der Waals surface area contributed by atoms with Crippen molar-refractivity contribution in [1.29, 1.82) is 5.26 Å². The smallest absolute Gasteiger partial charge is 0.174 e. The van der Waals surface area contributed by atoms with Gasteiger partial charge in [-0.1, -0.05) is 26.8 Å². The minimum atomic E-state index is 0.0887. The summed E-state index contributed by atoms with van der Waals surface area (Å²) in [4.78, 5) is 0. The van der Waals surface area contributed by atoms with Gasteiger partial charge >= 0.3 is 0 Å². The lowest BCUT2D eigenvalue weighted by molar-refractivity contribution is 0.368. The summed E-state index contributed by atoms with van der Waals surface area (Å²) in [5.41, 5.74) is 1.37. The summed E-state index contributed by atoms with van der Waals surface area (Å²) in [5, 5.41) is 11.8. The molecule has 0 saturated carbocycles. The van der Waals surface area contributed by atoms with Crippen LogP contribution in [0.1, 0.15) is 27.2 Å². The summed E-state index contributed by atoms with van der Waals surface area (Å²) in [5.74, 6) is 0.729. The van der Waals surface area contributed by atoms with Crippen LogP contribution in [0.3, 0.4) is 0 Å². The number of nitriles is 1. The molecule has 0 aliphatic heterocycles. The number of ether oxygens (including phenoxy) is 1. The number of nitrogens with zero attached hydrogens (tertiary/aromatic N) is 1. The van der Waals surface area contributed by atoms with Crippen molar-refractivity contribution in [3.8, 4) is 11.8 Å². The molecule has 0 spiro atoms. The van der Waals surface area contributed by atoms with Crippen molar-refractivity contribution < 1.29 is 4.74 Å². The second-order valence-corrected chi connectivity index (χ2v) is 5.21. The molecule has 0 aliphatic rings. The van der Waals surface area contributed by atoms with Crippen molar-refractivity contribution in [1.82, 2.24) is 0 Å². The molecule has 3 heteroatoms. The largest absolute Gasteiger partial charge is 0.479 e. The maximum atomic E-state index is 8.44. The highest BCUT2D eigenvalue weighted by molar-refractivity contribution is 5.48. The molecular weight excluding hydrogens is 212 g/mol. The van der Waals surface area contributed by atoms with E-state index in [2.05, 4.69) is 26.1 Å². The van der Waals surface area contributed by atoms with Gasteiger partial charge in [-0.3, -0.25) is 0 Å². The second kappa shape index (κ2) is 6.15. The number of hydrogen-bond donors (Lipinski definition) is 1. The third-order valence-corrected chi connectivity index (χ3v) is 2.34. The molecule has 0 radical (unpaired) electrons. The molecule has 0 atom stereocenters. The minimum Gasteiger partial charge on any atom is -0.479 e. The summed E-state index contributed by atoms with van der Waals surface area (Å²) in [6.07, 6.45) is 1.11. The first-order chi connectivity index (χ1) is 8.01. The van der Waals surface area contributed by atoms with E-state index in [-0.39, 0.29) is 6.61 Å². The highest BCUT2D eigenvalue weighted by Crippen LogP contribution is 2.20. The van der Waals surface area contributed by atoms with Crippen LogP contribution in [-0.4, -0.2) is 13.2 Å². The zero-order valence-corrected chi connectivity index (χ0v) is 10.8. The summed E-state index contributed by atoms with van der Waals surface area (Å²) in [7, 11) is 0. The molecule has 92 valence electrons. The van der Waals surface area contributed by atoms with Gasteiger partial charge in [0.2, 0.25) is 0 Å². The van der Waals surface area contributed by atoms with Crippen LogP contribution in [0, 0.1) is 16.7 Å². The van der Waals surface area contributed by atoms with Crippen LogP contribution < -0.4 is 10.1 Å². The number of benzene rings is 1. The van der Waals surface area contributed by atoms with E-state index < -0.39 is 0 Å². The predicted octanol–water partition coefficient (Wildman–Crippen LogP) is 3.44. The van der Waals surface area contributed by atoms with Crippen LogP contribution in [0.4, 0.5) is 5.69 Å². The number of hydrogen-bond acceptors (Lipinski definition) is 3. The summed E-state index contributed by atoms with van der Waals surface area (Å²) >= 11 is 0. The topological polar surface area (TPSA) is 45.0 Å². The fraction of sp³-hybridized carbons (Fsp3) is 0.500. The van der Waals surface area contributed by atoms with Gasteiger partial charge in [0.1, 0.15) is 11.8 Å². The standard InChI is InChI=1S/C14H20N2O/c1-14(2,3)7-9-16-12-5-4-6-13(11-12)17-10-8-15/h4-6,11,16H,7,9-10H2,1-3H3. The molecule has 0 amide bonds. The Balaban J connectivity index is 2.46. The molecule has 0 bridgehead atoms.